The molecule has 0 heterocycles. The van der Waals surface area contributed by atoms with Crippen molar-refractivity contribution in [1.29, 1.82) is 0 Å². The van der Waals surface area contributed by atoms with Crippen LogP contribution in [0.4, 0.5) is 11.4 Å². The summed E-state index contributed by atoms with van der Waals surface area (Å²) in [6.07, 6.45) is 0.378. The highest BCUT2D eigenvalue weighted by Crippen LogP contribution is 2.37. The largest absolute Gasteiger partial charge is 0.481 e. The third kappa shape index (κ3) is 4.75. The van der Waals surface area contributed by atoms with E-state index in [0.717, 1.165) is 0 Å². The maximum absolute atomic E-state index is 11.2. The van der Waals surface area contributed by atoms with Crippen molar-refractivity contribution in [2.24, 2.45) is 0 Å². The van der Waals surface area contributed by atoms with Crippen LogP contribution in [0, 0.1) is 10.1 Å². The number of nitro benzene ring substituents is 1. The maximum Gasteiger partial charge on any atom is 0.303 e. The number of benzene rings is 1. The molecule has 8 heteroatoms. The van der Waals surface area contributed by atoms with Crippen LogP contribution in [0.1, 0.15) is 26.7 Å². The molecule has 0 aliphatic rings. The topological polar surface area (TPSA) is 83.7 Å². The summed E-state index contributed by atoms with van der Waals surface area (Å²) >= 11 is 11.8. The second kappa shape index (κ2) is 7.47. The second-order valence-corrected chi connectivity index (χ2v) is 5.61. The molecule has 0 aliphatic carbocycles. The minimum atomic E-state index is -0.901. The van der Waals surface area contributed by atoms with Crippen molar-refractivity contribution in [1.82, 2.24) is 0 Å². The van der Waals surface area contributed by atoms with Crippen molar-refractivity contribution in [2.75, 3.05) is 11.4 Å². The quantitative estimate of drug-likeness (QED) is 0.602. The molecule has 1 aromatic rings. The molecule has 0 saturated carbocycles. The molecule has 0 aliphatic heterocycles. The maximum atomic E-state index is 11.2. The van der Waals surface area contributed by atoms with E-state index in [-0.39, 0.29) is 28.2 Å². The third-order valence-corrected chi connectivity index (χ3v) is 3.66. The van der Waals surface area contributed by atoms with Gasteiger partial charge in [-0.2, -0.15) is 0 Å². The Morgan fingerprint density at radius 1 is 1.38 bits per heavy atom. The molecule has 1 N–H and O–H groups in total. The van der Waals surface area contributed by atoms with Crippen LogP contribution in [-0.2, 0) is 4.79 Å². The summed E-state index contributed by atoms with van der Waals surface area (Å²) in [5, 5.41) is 20.2. The average molecular weight is 335 g/mol. The molecule has 0 radical (unpaired) electrons. The highest BCUT2D eigenvalue weighted by molar-refractivity contribution is 6.42. The molecule has 0 bridgehead atoms. The van der Waals surface area contributed by atoms with Crippen molar-refractivity contribution in [3.05, 3.63) is 32.3 Å². The fourth-order valence-electron chi connectivity index (χ4n) is 1.96. The van der Waals surface area contributed by atoms with Gasteiger partial charge in [0.15, 0.2) is 0 Å². The van der Waals surface area contributed by atoms with E-state index in [4.69, 9.17) is 28.3 Å². The number of nitrogens with zero attached hydrogens (tertiary/aromatic N) is 2. The Balaban J connectivity index is 3.15. The zero-order valence-corrected chi connectivity index (χ0v) is 13.2. The zero-order chi connectivity index (χ0) is 16.2. The predicted molar refractivity (Wildman–Crippen MR) is 82.5 cm³/mol. The van der Waals surface area contributed by atoms with Crippen LogP contribution in [0.25, 0.3) is 0 Å². The van der Waals surface area contributed by atoms with Crippen molar-refractivity contribution < 1.29 is 14.8 Å². The van der Waals surface area contributed by atoms with Crippen LogP contribution in [0.5, 0.6) is 0 Å². The van der Waals surface area contributed by atoms with Gasteiger partial charge in [-0.15, -0.1) is 0 Å². The summed E-state index contributed by atoms with van der Waals surface area (Å²) in [7, 11) is 0. The van der Waals surface area contributed by atoms with Crippen LogP contribution in [-0.4, -0.2) is 28.6 Å². The lowest BCUT2D eigenvalue weighted by atomic mass is 10.1. The average Bonchev–Trinajstić information content (AvgIpc) is 2.36. The van der Waals surface area contributed by atoms with Crippen LogP contribution < -0.4 is 4.90 Å². The van der Waals surface area contributed by atoms with Crippen LogP contribution in [0.2, 0.25) is 10.0 Å². The van der Waals surface area contributed by atoms with Crippen LogP contribution in [0.3, 0.4) is 0 Å². The summed E-state index contributed by atoms with van der Waals surface area (Å²) in [6.45, 7) is 4.11. The van der Waals surface area contributed by atoms with Gasteiger partial charge in [-0.05, 0) is 26.3 Å². The Morgan fingerprint density at radius 2 is 1.95 bits per heavy atom. The molecule has 21 heavy (non-hydrogen) atoms. The van der Waals surface area contributed by atoms with Gasteiger partial charge in [0.05, 0.1) is 15.0 Å². The number of nitro groups is 1. The van der Waals surface area contributed by atoms with E-state index < -0.39 is 10.9 Å². The SMILES string of the molecule is CC(C)N(CCCC(=O)O)c1cc(Cl)c(Cl)cc1[N+](=O)[O-]. The van der Waals surface area contributed by atoms with Crippen molar-refractivity contribution in [3.63, 3.8) is 0 Å². The minimum Gasteiger partial charge on any atom is -0.481 e. The number of carboxylic acid groups (broad SMARTS) is 1. The first kappa shape index (κ1) is 17.5. The molecule has 0 fully saturated rings. The molecular weight excluding hydrogens is 319 g/mol. The monoisotopic (exact) mass is 334 g/mol. The Morgan fingerprint density at radius 3 is 2.43 bits per heavy atom. The van der Waals surface area contributed by atoms with Gasteiger partial charge in [0.1, 0.15) is 5.69 Å². The van der Waals surface area contributed by atoms with E-state index in [1.165, 1.54) is 12.1 Å². The Bertz CT molecular complexity index is 549. The number of carboxylic acids is 1. The van der Waals surface area contributed by atoms with E-state index in [9.17, 15) is 14.9 Å². The van der Waals surface area contributed by atoms with Crippen molar-refractivity contribution in [2.45, 2.75) is 32.7 Å². The molecule has 0 unspecified atom stereocenters. The lowest BCUT2D eigenvalue weighted by Gasteiger charge is -2.28. The molecule has 116 valence electrons. The fourth-order valence-corrected chi connectivity index (χ4v) is 2.28. The molecule has 0 atom stereocenters. The van der Waals surface area contributed by atoms with Crippen molar-refractivity contribution >= 4 is 40.5 Å². The first-order valence-electron chi connectivity index (χ1n) is 6.36. The number of hydrogen-bond donors (Lipinski definition) is 1. The number of aliphatic carboxylic acids is 1. The summed E-state index contributed by atoms with van der Waals surface area (Å²) in [5.41, 5.74) is 0.197. The van der Waals surface area contributed by atoms with Crippen LogP contribution >= 0.6 is 23.2 Å². The molecule has 6 nitrogen and oxygen atoms in total. The molecule has 0 spiro atoms. The Labute approximate surface area is 132 Å². The van der Waals surface area contributed by atoms with Gasteiger partial charge in [-0.25, -0.2) is 0 Å². The smallest absolute Gasteiger partial charge is 0.303 e. The third-order valence-electron chi connectivity index (χ3n) is 2.94. The zero-order valence-electron chi connectivity index (χ0n) is 11.7. The summed E-state index contributed by atoms with van der Waals surface area (Å²) in [4.78, 5) is 23.0. The van der Waals surface area contributed by atoms with Gasteiger partial charge < -0.3 is 10.0 Å². The second-order valence-electron chi connectivity index (χ2n) is 4.80. The van der Waals surface area contributed by atoms with Crippen molar-refractivity contribution in [3.8, 4) is 0 Å². The molecule has 0 saturated heterocycles. The first-order chi connectivity index (χ1) is 9.73. The van der Waals surface area contributed by atoms with Gasteiger partial charge in [-0.1, -0.05) is 23.2 Å². The van der Waals surface area contributed by atoms with Gasteiger partial charge in [0, 0.05) is 25.1 Å². The number of rotatable bonds is 7. The summed E-state index contributed by atoms with van der Waals surface area (Å²) in [6, 6.07) is 2.61. The number of carbonyl (C=O) groups is 1. The first-order valence-corrected chi connectivity index (χ1v) is 7.11. The van der Waals surface area contributed by atoms with Crippen LogP contribution in [0.15, 0.2) is 12.1 Å². The highest BCUT2D eigenvalue weighted by atomic mass is 35.5. The van der Waals surface area contributed by atoms with Gasteiger partial charge in [-0.3, -0.25) is 14.9 Å². The lowest BCUT2D eigenvalue weighted by molar-refractivity contribution is -0.384. The van der Waals surface area contributed by atoms with Gasteiger partial charge in [0.25, 0.3) is 5.69 Å². The number of hydrogen-bond acceptors (Lipinski definition) is 4. The molecule has 0 amide bonds. The molecule has 0 aromatic heterocycles. The Kier molecular flexibility index (Phi) is 6.23. The Hall–Kier alpha value is -1.53. The van der Waals surface area contributed by atoms with E-state index in [2.05, 4.69) is 0 Å². The van der Waals surface area contributed by atoms with E-state index >= 15 is 0 Å². The normalized spacial score (nSPS) is 10.7. The summed E-state index contributed by atoms with van der Waals surface area (Å²) in [5.74, 6) is -0.901. The minimum absolute atomic E-state index is 0.00165. The standard InChI is InChI=1S/C13H16Cl2N2O4/c1-8(2)16(5-3-4-13(18)19)11-6-9(14)10(15)7-12(11)17(20)21/h6-8H,3-5H2,1-2H3,(H,18,19). The van der Waals surface area contributed by atoms with Gasteiger partial charge >= 0.3 is 5.97 Å². The fraction of sp³-hybridized carbons (Fsp3) is 0.462. The van der Waals surface area contributed by atoms with E-state index in [1.54, 1.807) is 4.90 Å². The molecule has 1 rings (SSSR count). The summed E-state index contributed by atoms with van der Waals surface area (Å²) < 4.78 is 0. The highest BCUT2D eigenvalue weighted by Gasteiger charge is 2.23. The lowest BCUT2D eigenvalue weighted by Crippen LogP contribution is -2.32. The van der Waals surface area contributed by atoms with E-state index in [1.807, 2.05) is 13.8 Å². The van der Waals surface area contributed by atoms with Gasteiger partial charge in [0.2, 0.25) is 0 Å². The number of halogens is 2. The predicted octanol–water partition coefficient (Wildman–Crippen LogP) is 3.98. The molecule has 1 aromatic carbocycles. The number of anilines is 1. The van der Waals surface area contributed by atoms with E-state index in [0.29, 0.717) is 18.7 Å². The molecular formula is C13H16Cl2N2O4.